The summed E-state index contributed by atoms with van der Waals surface area (Å²) in [5, 5.41) is 7.30. The second-order valence-corrected chi connectivity index (χ2v) is 5.85. The number of carbonyl (C=O) groups excluding carboxylic acids is 1. The Morgan fingerprint density at radius 3 is 2.84 bits per heavy atom. The summed E-state index contributed by atoms with van der Waals surface area (Å²) in [5.74, 6) is 0.0994. The molecule has 1 aromatic heterocycles. The number of hydrogen-bond donors (Lipinski definition) is 1. The smallest absolute Gasteiger partial charge is 0.231 e. The summed E-state index contributed by atoms with van der Waals surface area (Å²) in [6, 6.07) is 15.5. The minimum Gasteiger partial charge on any atom is -0.492 e. The van der Waals surface area contributed by atoms with E-state index in [1.54, 1.807) is 23.0 Å². The zero-order valence-electron chi connectivity index (χ0n) is 13.4. The van der Waals surface area contributed by atoms with Gasteiger partial charge in [0.05, 0.1) is 17.9 Å². The molecule has 0 saturated carbocycles. The maximum atomic E-state index is 13.0. The van der Waals surface area contributed by atoms with Crippen LogP contribution >= 0.6 is 0 Å². The van der Waals surface area contributed by atoms with E-state index in [-0.39, 0.29) is 17.6 Å². The first-order chi connectivity index (χ1) is 12.2. The first kappa shape index (κ1) is 15.4. The molecule has 1 aliphatic rings. The maximum absolute atomic E-state index is 13.0. The minimum atomic E-state index is -0.296. The van der Waals surface area contributed by atoms with Crippen LogP contribution in [0.4, 0.5) is 4.39 Å². The summed E-state index contributed by atoms with van der Waals surface area (Å²) >= 11 is 0. The average Bonchev–Trinajstić information content (AvgIpc) is 3.27. The topological polar surface area (TPSA) is 56.2 Å². The van der Waals surface area contributed by atoms with Crippen LogP contribution < -0.4 is 10.1 Å². The van der Waals surface area contributed by atoms with E-state index in [9.17, 15) is 9.18 Å². The third kappa shape index (κ3) is 3.10. The minimum absolute atomic E-state index is 0.0821. The van der Waals surface area contributed by atoms with Gasteiger partial charge in [-0.1, -0.05) is 18.2 Å². The molecule has 2 aromatic carbocycles. The number of nitrogens with one attached hydrogen (secondary N) is 1. The lowest BCUT2D eigenvalue weighted by molar-refractivity contribution is -0.122. The molecule has 2 heterocycles. The summed E-state index contributed by atoms with van der Waals surface area (Å²) in [7, 11) is 0. The van der Waals surface area contributed by atoms with Crippen molar-refractivity contribution < 1.29 is 13.9 Å². The van der Waals surface area contributed by atoms with Gasteiger partial charge in [0, 0.05) is 11.8 Å². The summed E-state index contributed by atoms with van der Waals surface area (Å²) in [6.07, 6.45) is 1.78. The number of halogens is 1. The van der Waals surface area contributed by atoms with Crippen LogP contribution in [0.2, 0.25) is 0 Å². The van der Waals surface area contributed by atoms with Crippen molar-refractivity contribution in [2.24, 2.45) is 0 Å². The van der Waals surface area contributed by atoms with Gasteiger partial charge in [0.15, 0.2) is 0 Å². The van der Waals surface area contributed by atoms with Gasteiger partial charge in [-0.05, 0) is 36.4 Å². The number of fused-ring (bicyclic) bond motifs is 1. The molecule has 0 spiro atoms. The van der Waals surface area contributed by atoms with Gasteiger partial charge < -0.3 is 10.1 Å². The second-order valence-electron chi connectivity index (χ2n) is 5.85. The van der Waals surface area contributed by atoms with Crippen LogP contribution in [0, 0.1) is 5.82 Å². The number of carbonyl (C=O) groups is 1. The molecule has 0 radical (unpaired) electrons. The van der Waals surface area contributed by atoms with Crippen molar-refractivity contribution in [3.63, 3.8) is 0 Å². The first-order valence-electron chi connectivity index (χ1n) is 8.00. The van der Waals surface area contributed by atoms with Gasteiger partial charge in [-0.3, -0.25) is 4.79 Å². The summed E-state index contributed by atoms with van der Waals surface area (Å²) < 4.78 is 20.2. The van der Waals surface area contributed by atoms with Gasteiger partial charge in [0.1, 0.15) is 24.1 Å². The van der Waals surface area contributed by atoms with Crippen molar-refractivity contribution in [2.45, 2.75) is 12.5 Å². The molecular weight excluding hydrogens is 321 g/mol. The quantitative estimate of drug-likeness (QED) is 0.796. The fourth-order valence-electron chi connectivity index (χ4n) is 2.87. The maximum Gasteiger partial charge on any atom is 0.231 e. The lowest BCUT2D eigenvalue weighted by Gasteiger charge is -2.09. The average molecular weight is 337 g/mol. The number of nitrogens with zero attached hydrogens (tertiary/aromatic N) is 2. The van der Waals surface area contributed by atoms with E-state index < -0.39 is 0 Å². The van der Waals surface area contributed by atoms with Crippen LogP contribution in [0.5, 0.6) is 5.75 Å². The predicted octanol–water partition coefficient (Wildman–Crippen LogP) is 2.80. The Balaban J connectivity index is 1.41. The van der Waals surface area contributed by atoms with Gasteiger partial charge in [0.25, 0.3) is 0 Å². The van der Waals surface area contributed by atoms with Crippen LogP contribution in [-0.4, -0.2) is 22.3 Å². The zero-order valence-corrected chi connectivity index (χ0v) is 13.4. The SMILES string of the molecule is O=C(NCc1ccn(-c2ccc(F)cc2)n1)C1COc2ccccc21. The zero-order chi connectivity index (χ0) is 17.2. The second kappa shape index (κ2) is 6.39. The molecule has 0 fully saturated rings. The number of benzene rings is 2. The van der Waals surface area contributed by atoms with Crippen molar-refractivity contribution in [3.05, 3.63) is 77.9 Å². The Morgan fingerprint density at radius 2 is 2.00 bits per heavy atom. The van der Waals surface area contributed by atoms with Crippen LogP contribution in [0.3, 0.4) is 0 Å². The number of hydrogen-bond acceptors (Lipinski definition) is 3. The van der Waals surface area contributed by atoms with Gasteiger partial charge in [-0.15, -0.1) is 0 Å². The molecule has 25 heavy (non-hydrogen) atoms. The van der Waals surface area contributed by atoms with Gasteiger partial charge >= 0.3 is 0 Å². The number of amides is 1. The molecule has 0 aliphatic carbocycles. The molecule has 1 amide bonds. The van der Waals surface area contributed by atoms with Crippen LogP contribution in [0.1, 0.15) is 17.2 Å². The third-order valence-corrected chi connectivity index (χ3v) is 4.20. The lowest BCUT2D eigenvalue weighted by Crippen LogP contribution is -2.29. The van der Waals surface area contributed by atoms with Crippen molar-refractivity contribution in [3.8, 4) is 11.4 Å². The summed E-state index contributed by atoms with van der Waals surface area (Å²) in [4.78, 5) is 12.4. The highest BCUT2D eigenvalue weighted by atomic mass is 19.1. The van der Waals surface area contributed by atoms with E-state index in [1.807, 2.05) is 30.3 Å². The molecule has 4 rings (SSSR count). The van der Waals surface area contributed by atoms with E-state index in [4.69, 9.17) is 4.74 Å². The number of para-hydroxylation sites is 1. The Kier molecular flexibility index (Phi) is 3.93. The molecule has 6 heteroatoms. The standard InChI is InChI=1S/C19H16FN3O2/c20-13-5-7-15(8-6-13)23-10-9-14(22-23)11-21-19(24)17-12-25-18-4-2-1-3-16(17)18/h1-10,17H,11-12H2,(H,21,24). The van der Waals surface area contributed by atoms with Crippen molar-refractivity contribution in [2.75, 3.05) is 6.61 Å². The first-order valence-corrected chi connectivity index (χ1v) is 8.00. The van der Waals surface area contributed by atoms with Crippen LogP contribution in [0.15, 0.2) is 60.8 Å². The molecule has 1 atom stereocenters. The molecule has 1 unspecified atom stereocenters. The molecule has 1 N–H and O–H groups in total. The Morgan fingerprint density at radius 1 is 1.20 bits per heavy atom. The number of aromatic nitrogens is 2. The van der Waals surface area contributed by atoms with Crippen LogP contribution in [0.25, 0.3) is 5.69 Å². The number of rotatable bonds is 4. The van der Waals surface area contributed by atoms with E-state index in [0.29, 0.717) is 13.2 Å². The largest absolute Gasteiger partial charge is 0.492 e. The fraction of sp³-hybridized carbons (Fsp3) is 0.158. The van der Waals surface area contributed by atoms with E-state index >= 15 is 0 Å². The fourth-order valence-corrected chi connectivity index (χ4v) is 2.87. The Bertz CT molecular complexity index is 905. The van der Waals surface area contributed by atoms with Crippen LogP contribution in [-0.2, 0) is 11.3 Å². The molecule has 0 saturated heterocycles. The highest BCUT2D eigenvalue weighted by molar-refractivity contribution is 5.85. The summed E-state index contributed by atoms with van der Waals surface area (Å²) in [6.45, 7) is 0.681. The Hall–Kier alpha value is -3.15. The highest BCUT2D eigenvalue weighted by Crippen LogP contribution is 2.33. The Labute approximate surface area is 144 Å². The molecule has 126 valence electrons. The van der Waals surface area contributed by atoms with Gasteiger partial charge in [-0.2, -0.15) is 5.10 Å². The van der Waals surface area contributed by atoms with Gasteiger partial charge in [0.2, 0.25) is 5.91 Å². The monoisotopic (exact) mass is 337 g/mol. The molecule has 5 nitrogen and oxygen atoms in total. The highest BCUT2D eigenvalue weighted by Gasteiger charge is 2.29. The predicted molar refractivity (Wildman–Crippen MR) is 90.0 cm³/mol. The molecule has 1 aliphatic heterocycles. The molecule has 3 aromatic rings. The molecular formula is C19H16FN3O2. The van der Waals surface area contributed by atoms with E-state index in [1.165, 1.54) is 12.1 Å². The lowest BCUT2D eigenvalue weighted by atomic mass is 10.0. The van der Waals surface area contributed by atoms with Crippen molar-refractivity contribution in [1.29, 1.82) is 0 Å². The molecule has 0 bridgehead atoms. The van der Waals surface area contributed by atoms with Crippen molar-refractivity contribution >= 4 is 5.91 Å². The van der Waals surface area contributed by atoms with E-state index in [2.05, 4.69) is 10.4 Å². The third-order valence-electron chi connectivity index (χ3n) is 4.20. The van der Waals surface area contributed by atoms with Gasteiger partial charge in [-0.25, -0.2) is 9.07 Å². The number of ether oxygens (including phenoxy) is 1. The normalized spacial score (nSPS) is 15.5. The summed E-state index contributed by atoms with van der Waals surface area (Å²) in [5.41, 5.74) is 2.40. The van der Waals surface area contributed by atoms with E-state index in [0.717, 1.165) is 22.7 Å². The van der Waals surface area contributed by atoms with Crippen molar-refractivity contribution in [1.82, 2.24) is 15.1 Å².